The van der Waals surface area contributed by atoms with Crippen LogP contribution < -0.4 is 0 Å². The molecule has 0 saturated carbocycles. The molecule has 0 nitrogen and oxygen atoms in total. The third kappa shape index (κ3) is 2.73. The zero-order chi connectivity index (χ0) is 14.2. The molecular formula is C18H25Zr. The average molecular weight is 333 g/mol. The van der Waals surface area contributed by atoms with Gasteiger partial charge >= 0.3 is 126 Å². The molecule has 0 aliphatic heterocycles. The Morgan fingerprint density at radius 1 is 0.947 bits per heavy atom. The quantitative estimate of drug-likeness (QED) is 0.685. The summed E-state index contributed by atoms with van der Waals surface area (Å²) in [5, 5.41) is 0. The van der Waals surface area contributed by atoms with E-state index in [9.17, 15) is 0 Å². The number of rotatable bonds is 3. The molecule has 1 aromatic carbocycles. The predicted octanol–water partition coefficient (Wildman–Crippen LogP) is 5.50. The van der Waals surface area contributed by atoms with Crippen molar-refractivity contribution in [3.63, 3.8) is 0 Å². The summed E-state index contributed by atoms with van der Waals surface area (Å²) in [6.07, 6.45) is 0. The van der Waals surface area contributed by atoms with Crippen molar-refractivity contribution in [3.05, 3.63) is 55.9 Å². The molecule has 2 rings (SSSR count). The van der Waals surface area contributed by atoms with Crippen LogP contribution in [0.5, 0.6) is 0 Å². The van der Waals surface area contributed by atoms with Gasteiger partial charge in [0.1, 0.15) is 0 Å². The SMILES string of the molecule is CC1=C(C)C(C)(C)[C]([Zr]([CH3])[CH2]c2ccccc2)=C1C. The molecule has 1 aromatic rings. The fourth-order valence-electron chi connectivity index (χ4n) is 3.44. The van der Waals surface area contributed by atoms with Gasteiger partial charge in [0.05, 0.1) is 0 Å². The number of allylic oxidation sites excluding steroid dienone is 4. The minimum atomic E-state index is -1.53. The van der Waals surface area contributed by atoms with Gasteiger partial charge in [-0.1, -0.05) is 0 Å². The van der Waals surface area contributed by atoms with E-state index in [0.29, 0.717) is 5.41 Å². The molecule has 0 spiro atoms. The summed E-state index contributed by atoms with van der Waals surface area (Å²) in [6.45, 7) is 11.8. The molecule has 0 fully saturated rings. The average Bonchev–Trinajstić information content (AvgIpc) is 2.51. The van der Waals surface area contributed by atoms with Crippen molar-refractivity contribution >= 4 is 0 Å². The molecule has 0 unspecified atom stereocenters. The second-order valence-corrected chi connectivity index (χ2v) is 12.3. The first-order valence-corrected chi connectivity index (χ1v) is 12.5. The van der Waals surface area contributed by atoms with Gasteiger partial charge in [-0.2, -0.15) is 0 Å². The third-order valence-corrected chi connectivity index (χ3v) is 11.7. The van der Waals surface area contributed by atoms with Crippen molar-refractivity contribution in [1.29, 1.82) is 0 Å². The van der Waals surface area contributed by atoms with Crippen molar-refractivity contribution in [2.45, 2.75) is 43.4 Å². The van der Waals surface area contributed by atoms with Crippen LogP contribution in [-0.2, 0) is 25.9 Å². The summed E-state index contributed by atoms with van der Waals surface area (Å²) in [4.78, 5) is 0. The van der Waals surface area contributed by atoms with Crippen molar-refractivity contribution in [3.8, 4) is 0 Å². The van der Waals surface area contributed by atoms with Gasteiger partial charge in [-0.3, -0.25) is 0 Å². The van der Waals surface area contributed by atoms with Crippen LogP contribution in [0.3, 0.4) is 0 Å². The van der Waals surface area contributed by atoms with Crippen LogP contribution in [0.4, 0.5) is 0 Å². The normalized spacial score (nSPS) is 18.2. The van der Waals surface area contributed by atoms with Crippen molar-refractivity contribution in [2.75, 3.05) is 0 Å². The van der Waals surface area contributed by atoms with E-state index in [0.717, 1.165) is 0 Å². The van der Waals surface area contributed by atoms with Crippen molar-refractivity contribution < 1.29 is 21.8 Å². The summed E-state index contributed by atoms with van der Waals surface area (Å²) in [6, 6.07) is 11.0. The van der Waals surface area contributed by atoms with Crippen LogP contribution in [0.1, 0.15) is 40.2 Å². The summed E-state index contributed by atoms with van der Waals surface area (Å²) in [7, 11) is 0. The third-order valence-electron chi connectivity index (χ3n) is 4.80. The summed E-state index contributed by atoms with van der Waals surface area (Å²) in [5.41, 5.74) is 6.58. The molecular weight excluding hydrogens is 307 g/mol. The van der Waals surface area contributed by atoms with Crippen LogP contribution in [-0.4, -0.2) is 0 Å². The first-order chi connectivity index (χ1) is 8.85. The second-order valence-electron chi connectivity index (χ2n) is 6.32. The first-order valence-electron chi connectivity index (χ1n) is 7.12. The maximum absolute atomic E-state index is 2.57. The van der Waals surface area contributed by atoms with E-state index in [2.05, 4.69) is 69.6 Å². The molecule has 0 radical (unpaired) electrons. The Labute approximate surface area is 126 Å². The molecule has 101 valence electrons. The standard InChI is InChI=1S/C10H15.C7H7.CH3.Zr/c1-7-6-10(4,5)9(3)8(7)2;1-7-5-3-2-4-6-7;;/h1-5H3;2-6H,1H2;1H3;. The van der Waals surface area contributed by atoms with Gasteiger partial charge in [-0.15, -0.1) is 0 Å². The molecule has 19 heavy (non-hydrogen) atoms. The van der Waals surface area contributed by atoms with Gasteiger partial charge in [0.15, 0.2) is 0 Å². The van der Waals surface area contributed by atoms with E-state index in [4.69, 9.17) is 0 Å². The predicted molar refractivity (Wildman–Crippen MR) is 80.9 cm³/mol. The zero-order valence-corrected chi connectivity index (χ0v) is 15.6. The van der Waals surface area contributed by atoms with Crippen molar-refractivity contribution in [2.24, 2.45) is 5.41 Å². The van der Waals surface area contributed by atoms with E-state index in [-0.39, 0.29) is 0 Å². The molecule has 0 heterocycles. The minimum absolute atomic E-state index is 0.312. The van der Waals surface area contributed by atoms with E-state index in [1.54, 1.807) is 16.7 Å². The molecule has 0 atom stereocenters. The summed E-state index contributed by atoms with van der Waals surface area (Å²) < 4.78 is 5.73. The molecule has 0 amide bonds. The van der Waals surface area contributed by atoms with Gasteiger partial charge in [-0.05, 0) is 0 Å². The monoisotopic (exact) mass is 331 g/mol. The molecule has 0 N–H and O–H groups in total. The Kier molecular flexibility index (Phi) is 4.36. The van der Waals surface area contributed by atoms with Gasteiger partial charge in [0, 0.05) is 0 Å². The Bertz CT molecular complexity index is 532. The molecule has 1 heteroatoms. The van der Waals surface area contributed by atoms with Gasteiger partial charge in [0.25, 0.3) is 0 Å². The summed E-state index contributed by atoms with van der Waals surface area (Å²) >= 11 is -1.53. The van der Waals surface area contributed by atoms with Gasteiger partial charge in [-0.25, -0.2) is 0 Å². The fourth-order valence-corrected chi connectivity index (χ4v) is 11.1. The summed E-state index contributed by atoms with van der Waals surface area (Å²) in [5.74, 6) is 0. The van der Waals surface area contributed by atoms with E-state index < -0.39 is 21.8 Å². The molecule has 0 saturated heterocycles. The molecule has 0 bridgehead atoms. The van der Waals surface area contributed by atoms with Crippen LogP contribution >= 0.6 is 0 Å². The van der Waals surface area contributed by atoms with Crippen molar-refractivity contribution in [1.82, 2.24) is 0 Å². The Balaban J connectivity index is 2.28. The van der Waals surface area contributed by atoms with Crippen LogP contribution in [0.15, 0.2) is 50.3 Å². The number of benzene rings is 1. The van der Waals surface area contributed by atoms with Gasteiger partial charge < -0.3 is 0 Å². The fraction of sp³-hybridized carbons (Fsp3) is 0.444. The van der Waals surface area contributed by atoms with E-state index in [1.807, 2.05) is 3.28 Å². The van der Waals surface area contributed by atoms with Crippen LogP contribution in [0, 0.1) is 5.41 Å². The maximum atomic E-state index is 2.57. The Morgan fingerprint density at radius 2 is 1.53 bits per heavy atom. The van der Waals surface area contributed by atoms with Crippen LogP contribution in [0.2, 0.25) is 4.63 Å². The van der Waals surface area contributed by atoms with Crippen LogP contribution in [0.25, 0.3) is 0 Å². The Hall–Kier alpha value is -0.417. The topological polar surface area (TPSA) is 0 Å². The van der Waals surface area contributed by atoms with Gasteiger partial charge in [0.2, 0.25) is 0 Å². The molecule has 1 aliphatic rings. The number of hydrogen-bond acceptors (Lipinski definition) is 0. The van der Waals surface area contributed by atoms with E-state index >= 15 is 0 Å². The number of hydrogen-bond donors (Lipinski definition) is 0. The van der Waals surface area contributed by atoms with E-state index in [1.165, 1.54) is 9.69 Å². The molecule has 1 aliphatic carbocycles. The second kappa shape index (κ2) is 5.53. The first kappa shape index (κ1) is 15.0. The Morgan fingerprint density at radius 3 is 2.00 bits per heavy atom. The molecule has 0 aromatic heterocycles. The zero-order valence-electron chi connectivity index (χ0n) is 13.1.